The van der Waals surface area contributed by atoms with Crippen LogP contribution < -0.4 is 0 Å². The van der Waals surface area contributed by atoms with E-state index in [1.54, 1.807) is 30.3 Å². The van der Waals surface area contributed by atoms with Gasteiger partial charge in [0.2, 0.25) is 0 Å². The highest BCUT2D eigenvalue weighted by atomic mass is 16.4. The van der Waals surface area contributed by atoms with E-state index < -0.39 is 104 Å². The maximum absolute atomic E-state index is 10.3. The van der Waals surface area contributed by atoms with E-state index in [0.717, 1.165) is 0 Å². The Bertz CT molecular complexity index is 1000. The lowest BCUT2D eigenvalue weighted by atomic mass is 9.96. The van der Waals surface area contributed by atoms with Crippen LogP contribution in [0.25, 0.3) is 0 Å². The summed E-state index contributed by atoms with van der Waals surface area (Å²) in [5.41, 5.74) is -2.41. The molecule has 0 amide bonds. The zero-order valence-corrected chi connectivity index (χ0v) is 23.6. The van der Waals surface area contributed by atoms with Crippen LogP contribution in [-0.2, 0) is 24.0 Å². The Kier molecular flexibility index (Phi) is 24.5. The van der Waals surface area contributed by atoms with Gasteiger partial charge in [0, 0.05) is 0 Å². The van der Waals surface area contributed by atoms with Gasteiger partial charge in [-0.1, -0.05) is 18.2 Å². The molecule has 0 aliphatic heterocycles. The molecule has 1 aromatic rings. The molecule has 21 nitrogen and oxygen atoms in total. The Morgan fingerprint density at radius 2 is 0.935 bits per heavy atom. The summed E-state index contributed by atoms with van der Waals surface area (Å²) in [5, 5.41) is 129. The molecule has 0 radical (unpaired) electrons. The fourth-order valence-electron chi connectivity index (χ4n) is 2.53. The van der Waals surface area contributed by atoms with Crippen LogP contribution >= 0.6 is 0 Å². The van der Waals surface area contributed by atoms with E-state index >= 15 is 0 Å². The normalized spacial score (nSPS) is 15.8. The van der Waals surface area contributed by atoms with Crippen molar-refractivity contribution in [1.29, 1.82) is 0 Å². The van der Waals surface area contributed by atoms with Crippen molar-refractivity contribution in [3.63, 3.8) is 0 Å². The number of benzene rings is 1. The highest BCUT2D eigenvalue weighted by Crippen LogP contribution is 2.15. The molecule has 0 heterocycles. The lowest BCUT2D eigenvalue weighted by Gasteiger charge is -2.22. The van der Waals surface area contributed by atoms with Gasteiger partial charge in [-0.25, -0.2) is 9.59 Å². The van der Waals surface area contributed by atoms with E-state index in [9.17, 15) is 28.8 Å². The van der Waals surface area contributed by atoms with Crippen LogP contribution in [0.4, 0.5) is 0 Å². The summed E-state index contributed by atoms with van der Waals surface area (Å²) in [7, 11) is 0. The van der Waals surface area contributed by atoms with Crippen molar-refractivity contribution >= 4 is 36.4 Å². The topological polar surface area (TPSA) is 406 Å². The second-order valence-corrected chi connectivity index (χ2v) is 8.86. The number of hydrogen-bond acceptors (Lipinski definition) is 17. The average Bonchev–Trinajstić information content (AvgIpc) is 3.02. The van der Waals surface area contributed by atoms with E-state index in [1.165, 1.54) is 0 Å². The number of carbonyl (C=O) groups is 6. The maximum Gasteiger partial charge on any atom is 0.336 e. The predicted octanol–water partition coefficient (Wildman–Crippen LogP) is -6.62. The zero-order chi connectivity index (χ0) is 36.8. The summed E-state index contributed by atoms with van der Waals surface area (Å²) >= 11 is 0. The third-order valence-electron chi connectivity index (χ3n) is 5.15. The molecule has 0 spiro atoms. The second kappa shape index (κ2) is 24.3. The van der Waals surface area contributed by atoms with E-state index in [4.69, 9.17) is 76.6 Å². The van der Waals surface area contributed by atoms with Gasteiger partial charge in [-0.15, -0.1) is 0 Å². The molecule has 0 aliphatic carbocycles. The SMILES string of the molecule is O=C(O)CC(O)(CC(=O)O)C(=O)O.O=C(O)c1ccccc1.O=C[C@H](O)[C@@H](O)[C@@H](O)[C@H](O)CO.O=C[C@H](O)[C@@H](O)[C@H](O)[C@H](O)CO. The minimum Gasteiger partial charge on any atom is -0.481 e. The van der Waals surface area contributed by atoms with Crippen LogP contribution in [-0.4, -0.2) is 181 Å². The van der Waals surface area contributed by atoms with E-state index in [2.05, 4.69) is 0 Å². The number of rotatable bonds is 16. The number of hydrogen-bond donors (Lipinski definition) is 15. The largest absolute Gasteiger partial charge is 0.481 e. The van der Waals surface area contributed by atoms with Gasteiger partial charge in [0.25, 0.3) is 0 Å². The Labute approximate surface area is 258 Å². The molecule has 0 fully saturated rings. The lowest BCUT2D eigenvalue weighted by molar-refractivity contribution is -0.170. The fourth-order valence-corrected chi connectivity index (χ4v) is 2.53. The van der Waals surface area contributed by atoms with Crippen LogP contribution in [0.15, 0.2) is 30.3 Å². The first-order valence-corrected chi connectivity index (χ1v) is 12.4. The third-order valence-corrected chi connectivity index (χ3v) is 5.15. The van der Waals surface area contributed by atoms with Crippen molar-refractivity contribution in [2.24, 2.45) is 0 Å². The van der Waals surface area contributed by atoms with Crippen molar-refractivity contribution in [3.05, 3.63) is 35.9 Å². The molecule has 0 saturated heterocycles. The molecule has 264 valence electrons. The zero-order valence-electron chi connectivity index (χ0n) is 23.6. The van der Waals surface area contributed by atoms with Crippen LogP contribution in [0, 0.1) is 0 Å². The van der Waals surface area contributed by atoms with Crippen molar-refractivity contribution in [2.45, 2.75) is 67.3 Å². The summed E-state index contributed by atoms with van der Waals surface area (Å²) in [6, 6.07) is 8.30. The van der Waals surface area contributed by atoms with Crippen LogP contribution in [0.3, 0.4) is 0 Å². The molecular formula is C25H38O21. The van der Waals surface area contributed by atoms with Crippen molar-refractivity contribution in [3.8, 4) is 0 Å². The average molecular weight is 675 g/mol. The molecule has 21 heteroatoms. The predicted molar refractivity (Wildman–Crippen MR) is 145 cm³/mol. The molecule has 0 aliphatic rings. The number of aliphatic hydroxyl groups is 11. The number of carboxylic acids is 4. The Hall–Kier alpha value is -4.00. The molecule has 15 N–H and O–H groups in total. The molecule has 0 bridgehead atoms. The number of aromatic carboxylic acids is 1. The second-order valence-electron chi connectivity index (χ2n) is 8.86. The number of aldehydes is 2. The summed E-state index contributed by atoms with van der Waals surface area (Å²) in [6.07, 6.45) is -16.0. The molecule has 46 heavy (non-hydrogen) atoms. The molecule has 1 aromatic carbocycles. The number of carbonyl (C=O) groups excluding carboxylic acids is 2. The highest BCUT2D eigenvalue weighted by molar-refractivity contribution is 5.88. The Morgan fingerprint density at radius 1 is 0.609 bits per heavy atom. The van der Waals surface area contributed by atoms with Crippen molar-refractivity contribution < 1.29 is 105 Å². The highest BCUT2D eigenvalue weighted by Gasteiger charge is 2.40. The minimum absolute atomic E-state index is 0.0258. The van der Waals surface area contributed by atoms with Crippen LogP contribution in [0.5, 0.6) is 0 Å². The molecule has 8 atom stereocenters. The van der Waals surface area contributed by atoms with E-state index in [0.29, 0.717) is 5.56 Å². The Morgan fingerprint density at radius 3 is 1.13 bits per heavy atom. The molecule has 0 saturated carbocycles. The smallest absolute Gasteiger partial charge is 0.336 e. The lowest BCUT2D eigenvalue weighted by Crippen LogP contribution is -2.46. The number of carboxylic acid groups (broad SMARTS) is 4. The minimum atomic E-state index is -2.74. The van der Waals surface area contributed by atoms with Crippen LogP contribution in [0.1, 0.15) is 23.2 Å². The van der Waals surface area contributed by atoms with Gasteiger partial charge in [0.05, 0.1) is 31.6 Å². The quantitative estimate of drug-likeness (QED) is 0.0724. The van der Waals surface area contributed by atoms with E-state index in [-0.39, 0.29) is 12.6 Å². The summed E-state index contributed by atoms with van der Waals surface area (Å²) in [4.78, 5) is 60.5. The summed E-state index contributed by atoms with van der Waals surface area (Å²) in [5.74, 6) is -5.90. The summed E-state index contributed by atoms with van der Waals surface area (Å²) < 4.78 is 0. The monoisotopic (exact) mass is 674 g/mol. The molecular weight excluding hydrogens is 636 g/mol. The van der Waals surface area contributed by atoms with Gasteiger partial charge in [0.1, 0.15) is 48.8 Å². The first kappa shape index (κ1) is 46.4. The third kappa shape index (κ3) is 19.4. The van der Waals surface area contributed by atoms with Gasteiger partial charge in [0.15, 0.2) is 18.2 Å². The van der Waals surface area contributed by atoms with Crippen molar-refractivity contribution in [1.82, 2.24) is 0 Å². The van der Waals surface area contributed by atoms with Crippen molar-refractivity contribution in [2.75, 3.05) is 13.2 Å². The maximum atomic E-state index is 10.3. The van der Waals surface area contributed by atoms with Gasteiger partial charge in [-0.2, -0.15) is 0 Å². The Balaban J connectivity index is -0.000000539. The fraction of sp³-hybridized carbons (Fsp3) is 0.520. The van der Waals surface area contributed by atoms with E-state index in [1.807, 2.05) is 0 Å². The standard InChI is InChI=1S/C7H6O2.C6H8O7.2C6H12O6/c8-7(9)6-4-2-1-3-5-6;7-3(8)1-6(13,5(11)12)2-4(9)10;2*7-1-3(9)5(11)6(12)4(10)2-8/h1-5H,(H,8,9);13H,1-2H2,(H,7,8)(H,9,10)(H,11,12);2*1,3-6,8-12H,2H2/t;;3-,4+,5+,6+;3-,4+,5+,6-/m..00/s1. The van der Waals surface area contributed by atoms with Gasteiger partial charge >= 0.3 is 23.9 Å². The first-order valence-electron chi connectivity index (χ1n) is 12.4. The van der Waals surface area contributed by atoms with Gasteiger partial charge < -0.3 is 86.2 Å². The molecule has 0 aromatic heterocycles. The molecule has 1 rings (SSSR count). The number of aliphatic hydroxyl groups excluding tert-OH is 10. The summed E-state index contributed by atoms with van der Waals surface area (Å²) in [6.45, 7) is -1.52. The molecule has 0 unspecified atom stereocenters. The number of aliphatic carboxylic acids is 3. The first-order chi connectivity index (χ1) is 21.2. The van der Waals surface area contributed by atoms with Gasteiger partial charge in [-0.3, -0.25) is 9.59 Å². The van der Waals surface area contributed by atoms with Crippen LogP contribution in [0.2, 0.25) is 0 Å². The van der Waals surface area contributed by atoms with Gasteiger partial charge in [-0.05, 0) is 12.1 Å².